The van der Waals surface area contributed by atoms with Crippen LogP contribution in [0.4, 0.5) is 0 Å². The highest BCUT2D eigenvalue weighted by atomic mass is 16.5. The number of nitrogens with zero attached hydrogens (tertiary/aromatic N) is 1. The fraction of sp³-hybridized carbons (Fsp3) is 0.875. The van der Waals surface area contributed by atoms with Crippen LogP contribution in [-0.2, 0) is 19.1 Å². The second kappa shape index (κ2) is 9.67. The van der Waals surface area contributed by atoms with Crippen LogP contribution < -0.4 is 10.6 Å². The molecular weight excluding hydrogens is 410 g/mol. The summed E-state index contributed by atoms with van der Waals surface area (Å²) in [5, 5.41) is 16.1. The zero-order chi connectivity index (χ0) is 23.7. The standard InChI is InChI=1S/C24H41N3O5/c1-6-10-15(5)26-21(30)19-24-12-11-23(9-4,32-24)17(20(29)25-13-7-2)18(24)22(31)27(19)16(8-3)14-28/h15-19,28H,6-14H2,1-5H3,(H,25,29)(H,26,30)/t15?,16-,17+,18-,19?,23-,24?/m0/s1. The van der Waals surface area contributed by atoms with Crippen LogP contribution in [-0.4, -0.2) is 70.2 Å². The van der Waals surface area contributed by atoms with Gasteiger partial charge in [-0.2, -0.15) is 0 Å². The maximum Gasteiger partial charge on any atom is 0.246 e. The number of likely N-dealkylation sites (tertiary alicyclic amines) is 1. The average Bonchev–Trinajstić information content (AvgIpc) is 3.37. The van der Waals surface area contributed by atoms with Crippen molar-refractivity contribution in [1.29, 1.82) is 0 Å². The van der Waals surface area contributed by atoms with Gasteiger partial charge in [-0.3, -0.25) is 14.4 Å². The Morgan fingerprint density at radius 3 is 2.47 bits per heavy atom. The molecule has 0 saturated carbocycles. The molecular formula is C24H41N3O5. The van der Waals surface area contributed by atoms with Crippen LogP contribution >= 0.6 is 0 Å². The number of ether oxygens (including phenoxy) is 1. The number of hydrogen-bond donors (Lipinski definition) is 3. The molecule has 3 fully saturated rings. The Morgan fingerprint density at radius 2 is 1.91 bits per heavy atom. The van der Waals surface area contributed by atoms with Gasteiger partial charge in [-0.25, -0.2) is 0 Å². The van der Waals surface area contributed by atoms with E-state index in [2.05, 4.69) is 17.6 Å². The van der Waals surface area contributed by atoms with Crippen LogP contribution in [0.1, 0.15) is 79.6 Å². The van der Waals surface area contributed by atoms with Gasteiger partial charge in [-0.1, -0.05) is 34.1 Å². The molecule has 182 valence electrons. The number of aliphatic hydroxyl groups excluding tert-OH is 1. The van der Waals surface area contributed by atoms with E-state index in [0.29, 0.717) is 32.2 Å². The van der Waals surface area contributed by atoms with Crippen molar-refractivity contribution >= 4 is 17.7 Å². The van der Waals surface area contributed by atoms with Crippen LogP contribution in [0.3, 0.4) is 0 Å². The van der Waals surface area contributed by atoms with Crippen LogP contribution in [0.5, 0.6) is 0 Å². The van der Waals surface area contributed by atoms with Gasteiger partial charge in [0.1, 0.15) is 11.6 Å². The molecule has 8 heteroatoms. The lowest BCUT2D eigenvalue weighted by Crippen LogP contribution is -2.59. The first-order valence-corrected chi connectivity index (χ1v) is 12.5. The van der Waals surface area contributed by atoms with Crippen molar-refractivity contribution in [2.45, 2.75) is 109 Å². The van der Waals surface area contributed by atoms with Gasteiger partial charge in [0.2, 0.25) is 17.7 Å². The van der Waals surface area contributed by atoms with Crippen molar-refractivity contribution in [2.24, 2.45) is 11.8 Å². The summed E-state index contributed by atoms with van der Waals surface area (Å²) in [6, 6.07) is -1.36. The number of hydrogen-bond acceptors (Lipinski definition) is 5. The van der Waals surface area contributed by atoms with E-state index < -0.39 is 35.1 Å². The molecule has 3 saturated heterocycles. The minimum Gasteiger partial charge on any atom is -0.394 e. The largest absolute Gasteiger partial charge is 0.394 e. The molecule has 2 bridgehead atoms. The first kappa shape index (κ1) is 25.0. The van der Waals surface area contributed by atoms with E-state index in [4.69, 9.17) is 4.74 Å². The lowest BCUT2D eigenvalue weighted by molar-refractivity contribution is -0.151. The molecule has 0 aromatic carbocycles. The smallest absolute Gasteiger partial charge is 0.246 e. The van der Waals surface area contributed by atoms with Gasteiger partial charge in [0.15, 0.2) is 0 Å². The second-order valence-corrected chi connectivity index (χ2v) is 9.81. The third-order valence-corrected chi connectivity index (χ3v) is 7.88. The van der Waals surface area contributed by atoms with E-state index in [1.807, 2.05) is 27.7 Å². The molecule has 1 spiro atoms. The molecule has 3 aliphatic rings. The minimum atomic E-state index is -1.03. The highest BCUT2D eigenvalue weighted by molar-refractivity contribution is 5.99. The Kier molecular flexibility index (Phi) is 7.55. The number of rotatable bonds is 11. The Balaban J connectivity index is 2.05. The lowest BCUT2D eigenvalue weighted by atomic mass is 9.65. The SMILES string of the molecule is CCCNC(=O)[C@H]1[C@H]2C(=O)N([C@@H](CC)CO)C(C(=O)NC(C)CCC)C23CC[C@]1(CC)O3. The van der Waals surface area contributed by atoms with Crippen molar-refractivity contribution in [3.63, 3.8) is 0 Å². The number of nitrogens with one attached hydrogen (secondary N) is 2. The fourth-order valence-corrected chi connectivity index (χ4v) is 6.35. The highest BCUT2D eigenvalue weighted by Crippen LogP contribution is 2.64. The van der Waals surface area contributed by atoms with Crippen molar-refractivity contribution in [3.05, 3.63) is 0 Å². The zero-order valence-corrected chi connectivity index (χ0v) is 20.3. The van der Waals surface area contributed by atoms with E-state index in [1.54, 1.807) is 4.90 Å². The molecule has 3 unspecified atom stereocenters. The molecule has 3 amide bonds. The molecule has 0 aromatic rings. The first-order chi connectivity index (χ1) is 15.3. The molecule has 3 N–H and O–H groups in total. The van der Waals surface area contributed by atoms with Gasteiger partial charge < -0.3 is 25.4 Å². The minimum absolute atomic E-state index is 0.0310. The number of aliphatic hydroxyl groups is 1. The number of fused-ring (bicyclic) bond motifs is 1. The normalized spacial score (nSPS) is 35.0. The summed E-state index contributed by atoms with van der Waals surface area (Å²) in [5.41, 5.74) is -1.75. The van der Waals surface area contributed by atoms with Gasteiger partial charge in [-0.05, 0) is 45.4 Å². The summed E-state index contributed by atoms with van der Waals surface area (Å²) in [4.78, 5) is 42.3. The zero-order valence-electron chi connectivity index (χ0n) is 20.3. The number of carbonyl (C=O) groups excluding carboxylic acids is 3. The van der Waals surface area contributed by atoms with E-state index >= 15 is 0 Å². The van der Waals surface area contributed by atoms with Crippen molar-refractivity contribution in [2.75, 3.05) is 13.2 Å². The predicted octanol–water partition coefficient (Wildman–Crippen LogP) is 1.74. The maximum absolute atomic E-state index is 13.9. The van der Waals surface area contributed by atoms with Crippen molar-refractivity contribution in [1.82, 2.24) is 15.5 Å². The summed E-state index contributed by atoms with van der Waals surface area (Å²) in [6.45, 7) is 10.2. The topological polar surface area (TPSA) is 108 Å². The summed E-state index contributed by atoms with van der Waals surface area (Å²) in [6.07, 6.45) is 4.92. The first-order valence-electron chi connectivity index (χ1n) is 12.5. The number of amides is 3. The van der Waals surface area contributed by atoms with Gasteiger partial charge in [-0.15, -0.1) is 0 Å². The molecule has 3 heterocycles. The molecule has 3 rings (SSSR count). The van der Waals surface area contributed by atoms with Crippen LogP contribution in [0.2, 0.25) is 0 Å². The molecule has 7 atom stereocenters. The molecule has 0 aromatic heterocycles. The van der Waals surface area contributed by atoms with Gasteiger partial charge in [0, 0.05) is 12.6 Å². The van der Waals surface area contributed by atoms with Crippen molar-refractivity contribution < 1.29 is 24.2 Å². The van der Waals surface area contributed by atoms with E-state index in [9.17, 15) is 19.5 Å². The van der Waals surface area contributed by atoms with E-state index in [0.717, 1.165) is 19.3 Å². The van der Waals surface area contributed by atoms with Gasteiger partial charge in [0.05, 0.1) is 30.1 Å². The molecule has 32 heavy (non-hydrogen) atoms. The molecule has 8 nitrogen and oxygen atoms in total. The second-order valence-electron chi connectivity index (χ2n) is 9.81. The quantitative estimate of drug-likeness (QED) is 0.444. The highest BCUT2D eigenvalue weighted by Gasteiger charge is 2.79. The van der Waals surface area contributed by atoms with Gasteiger partial charge >= 0.3 is 0 Å². The predicted molar refractivity (Wildman–Crippen MR) is 121 cm³/mol. The number of carbonyl (C=O) groups is 3. The van der Waals surface area contributed by atoms with E-state index in [-0.39, 0.29) is 30.4 Å². The van der Waals surface area contributed by atoms with Crippen LogP contribution in [0.25, 0.3) is 0 Å². The van der Waals surface area contributed by atoms with Crippen LogP contribution in [0, 0.1) is 11.8 Å². The average molecular weight is 452 g/mol. The third-order valence-electron chi connectivity index (χ3n) is 7.88. The summed E-state index contributed by atoms with van der Waals surface area (Å²) < 4.78 is 6.68. The van der Waals surface area contributed by atoms with E-state index in [1.165, 1.54) is 0 Å². The summed E-state index contributed by atoms with van der Waals surface area (Å²) in [5.74, 6) is -1.96. The molecule has 0 radical (unpaired) electrons. The Bertz CT molecular complexity index is 726. The van der Waals surface area contributed by atoms with Crippen LogP contribution in [0.15, 0.2) is 0 Å². The third kappa shape index (κ3) is 3.73. The Hall–Kier alpha value is -1.67. The lowest BCUT2D eigenvalue weighted by Gasteiger charge is -2.37. The summed E-state index contributed by atoms with van der Waals surface area (Å²) in [7, 11) is 0. The van der Waals surface area contributed by atoms with Gasteiger partial charge in [0.25, 0.3) is 0 Å². The maximum atomic E-state index is 13.9. The Labute approximate surface area is 191 Å². The monoisotopic (exact) mass is 451 g/mol. The molecule has 0 aliphatic carbocycles. The van der Waals surface area contributed by atoms with Crippen molar-refractivity contribution in [3.8, 4) is 0 Å². The Morgan fingerprint density at radius 1 is 1.19 bits per heavy atom. The fourth-order valence-electron chi connectivity index (χ4n) is 6.35. The summed E-state index contributed by atoms with van der Waals surface area (Å²) >= 11 is 0. The molecule has 3 aliphatic heterocycles.